The normalized spacial score (nSPS) is 18.9. The van der Waals surface area contributed by atoms with Crippen molar-refractivity contribution in [1.29, 1.82) is 0 Å². The molecule has 6 heteroatoms. The molecule has 1 saturated heterocycles. The Labute approximate surface area is 111 Å². The number of hydrogen-bond acceptors (Lipinski definition) is 3. The number of likely N-dealkylation sites (tertiary alicyclic amines) is 1. The highest BCUT2D eigenvalue weighted by Gasteiger charge is 2.28. The minimum Gasteiger partial charge on any atom is -0.465 e. The summed E-state index contributed by atoms with van der Waals surface area (Å²) in [6.45, 7) is 0.761. The van der Waals surface area contributed by atoms with Crippen LogP contribution in [0.15, 0.2) is 24.3 Å². The van der Waals surface area contributed by atoms with Crippen LogP contribution in [0.4, 0.5) is 16.2 Å². The lowest BCUT2D eigenvalue weighted by Crippen LogP contribution is -2.43. The maximum Gasteiger partial charge on any atom is 0.407 e. The highest BCUT2D eigenvalue weighted by molar-refractivity contribution is 5.93. The Kier molecular flexibility index (Phi) is 3.89. The molecule has 19 heavy (non-hydrogen) atoms. The number of nitrogens with two attached hydrogens (primary N) is 1. The molecule has 0 aromatic heterocycles. The van der Waals surface area contributed by atoms with E-state index in [2.05, 4.69) is 5.32 Å². The summed E-state index contributed by atoms with van der Waals surface area (Å²) in [7, 11) is 0. The van der Waals surface area contributed by atoms with Crippen LogP contribution in [0, 0.1) is 5.92 Å². The van der Waals surface area contributed by atoms with E-state index in [0.29, 0.717) is 30.8 Å². The maximum atomic E-state index is 12.1. The van der Waals surface area contributed by atoms with Crippen LogP contribution in [0.25, 0.3) is 0 Å². The number of benzene rings is 1. The lowest BCUT2D eigenvalue weighted by atomic mass is 9.97. The molecule has 2 rings (SSSR count). The molecule has 102 valence electrons. The Bertz CT molecular complexity index is 473. The molecular weight excluding hydrogens is 246 g/mol. The van der Waals surface area contributed by atoms with E-state index >= 15 is 0 Å². The molecule has 1 heterocycles. The third-order valence-electron chi connectivity index (χ3n) is 3.24. The summed E-state index contributed by atoms with van der Waals surface area (Å²) in [5.74, 6) is -0.432. The molecule has 1 aliphatic heterocycles. The van der Waals surface area contributed by atoms with Gasteiger partial charge in [0.05, 0.1) is 5.92 Å². The molecule has 1 unspecified atom stereocenters. The van der Waals surface area contributed by atoms with Crippen molar-refractivity contribution in [2.75, 3.05) is 24.1 Å². The number of piperidine rings is 1. The van der Waals surface area contributed by atoms with Crippen LogP contribution in [0.1, 0.15) is 12.8 Å². The monoisotopic (exact) mass is 263 g/mol. The van der Waals surface area contributed by atoms with E-state index in [1.165, 1.54) is 4.90 Å². The predicted molar refractivity (Wildman–Crippen MR) is 71.8 cm³/mol. The first kappa shape index (κ1) is 13.2. The van der Waals surface area contributed by atoms with Crippen molar-refractivity contribution in [3.8, 4) is 0 Å². The molecule has 1 fully saturated rings. The van der Waals surface area contributed by atoms with Crippen molar-refractivity contribution in [2.24, 2.45) is 5.92 Å². The molecule has 4 N–H and O–H groups in total. The first-order valence-electron chi connectivity index (χ1n) is 6.20. The number of nitrogens with zero attached hydrogens (tertiary/aromatic N) is 1. The largest absolute Gasteiger partial charge is 0.465 e. The fourth-order valence-electron chi connectivity index (χ4n) is 2.18. The third kappa shape index (κ3) is 3.37. The Hall–Kier alpha value is -2.24. The fourth-order valence-corrected chi connectivity index (χ4v) is 2.18. The maximum absolute atomic E-state index is 12.1. The number of hydrogen-bond donors (Lipinski definition) is 3. The highest BCUT2D eigenvalue weighted by atomic mass is 16.4. The van der Waals surface area contributed by atoms with Crippen molar-refractivity contribution in [3.63, 3.8) is 0 Å². The minimum atomic E-state index is -0.968. The predicted octanol–water partition coefficient (Wildman–Crippen LogP) is 1.60. The molecule has 1 aromatic rings. The summed E-state index contributed by atoms with van der Waals surface area (Å²) in [5.41, 5.74) is 6.87. The van der Waals surface area contributed by atoms with Gasteiger partial charge in [0.2, 0.25) is 5.91 Å². The van der Waals surface area contributed by atoms with Gasteiger partial charge in [0.25, 0.3) is 0 Å². The molecule has 6 nitrogen and oxygen atoms in total. The van der Waals surface area contributed by atoms with Gasteiger partial charge in [-0.2, -0.15) is 0 Å². The summed E-state index contributed by atoms with van der Waals surface area (Å²) in [5, 5.41) is 11.7. The quantitative estimate of drug-likeness (QED) is 0.706. The number of anilines is 2. The van der Waals surface area contributed by atoms with Crippen molar-refractivity contribution >= 4 is 23.4 Å². The van der Waals surface area contributed by atoms with Crippen LogP contribution in [0.3, 0.4) is 0 Å². The van der Waals surface area contributed by atoms with Crippen molar-refractivity contribution in [1.82, 2.24) is 4.90 Å². The Morgan fingerprint density at radius 1 is 1.32 bits per heavy atom. The highest BCUT2D eigenvalue weighted by Crippen LogP contribution is 2.19. The molecule has 2 amide bonds. The van der Waals surface area contributed by atoms with Gasteiger partial charge in [-0.1, -0.05) is 0 Å². The SMILES string of the molecule is Nc1ccc(NC(=O)C2CCCN(C(=O)O)C2)cc1. The molecule has 1 aromatic carbocycles. The third-order valence-corrected chi connectivity index (χ3v) is 3.24. The van der Waals surface area contributed by atoms with Gasteiger partial charge in [0.1, 0.15) is 0 Å². The summed E-state index contributed by atoms with van der Waals surface area (Å²) < 4.78 is 0. The second-order valence-corrected chi connectivity index (χ2v) is 4.68. The van der Waals surface area contributed by atoms with E-state index in [1.807, 2.05) is 0 Å². The fraction of sp³-hybridized carbons (Fsp3) is 0.385. The number of amides is 2. The van der Waals surface area contributed by atoms with E-state index in [-0.39, 0.29) is 18.4 Å². The zero-order valence-electron chi connectivity index (χ0n) is 10.5. The summed E-state index contributed by atoms with van der Waals surface area (Å²) >= 11 is 0. The zero-order chi connectivity index (χ0) is 13.8. The first-order valence-corrected chi connectivity index (χ1v) is 6.20. The van der Waals surface area contributed by atoms with Gasteiger partial charge in [-0.25, -0.2) is 4.79 Å². The number of rotatable bonds is 2. The molecule has 0 spiro atoms. The average Bonchev–Trinajstić information content (AvgIpc) is 2.41. The minimum absolute atomic E-state index is 0.143. The van der Waals surface area contributed by atoms with Crippen LogP contribution >= 0.6 is 0 Å². The number of nitrogen functional groups attached to an aromatic ring is 1. The van der Waals surface area contributed by atoms with E-state index in [9.17, 15) is 9.59 Å². The Balaban J connectivity index is 1.96. The summed E-state index contributed by atoms with van der Waals surface area (Å²) in [6.07, 6.45) is 0.460. The van der Waals surface area contributed by atoms with Crippen molar-refractivity contribution in [2.45, 2.75) is 12.8 Å². The number of carboxylic acid groups (broad SMARTS) is 1. The van der Waals surface area contributed by atoms with Crippen molar-refractivity contribution in [3.05, 3.63) is 24.3 Å². The summed E-state index contributed by atoms with van der Waals surface area (Å²) in [4.78, 5) is 24.2. The van der Waals surface area contributed by atoms with E-state index in [4.69, 9.17) is 10.8 Å². The molecular formula is C13H17N3O3. The molecule has 0 bridgehead atoms. The molecule has 0 radical (unpaired) electrons. The molecule has 0 saturated carbocycles. The Morgan fingerprint density at radius 2 is 2.00 bits per heavy atom. The first-order chi connectivity index (χ1) is 9.06. The van der Waals surface area contributed by atoms with Crippen LogP contribution in [-0.2, 0) is 4.79 Å². The van der Waals surface area contributed by atoms with Gasteiger partial charge in [-0.05, 0) is 37.1 Å². The van der Waals surface area contributed by atoms with Crippen LogP contribution in [0.2, 0.25) is 0 Å². The molecule has 1 aliphatic rings. The van der Waals surface area contributed by atoms with Crippen molar-refractivity contribution < 1.29 is 14.7 Å². The standard InChI is InChI=1S/C13H17N3O3/c14-10-3-5-11(6-4-10)15-12(17)9-2-1-7-16(8-9)13(18)19/h3-6,9H,1-2,7-8,14H2,(H,15,17)(H,18,19). The van der Waals surface area contributed by atoms with E-state index < -0.39 is 6.09 Å². The summed E-state index contributed by atoms with van der Waals surface area (Å²) in [6, 6.07) is 6.87. The van der Waals surface area contributed by atoms with Gasteiger partial charge in [0.15, 0.2) is 0 Å². The van der Waals surface area contributed by atoms with Gasteiger partial charge in [-0.15, -0.1) is 0 Å². The average molecular weight is 263 g/mol. The topological polar surface area (TPSA) is 95.7 Å². The number of carbonyl (C=O) groups excluding carboxylic acids is 1. The lowest BCUT2D eigenvalue weighted by Gasteiger charge is -2.29. The van der Waals surface area contributed by atoms with E-state index in [1.54, 1.807) is 24.3 Å². The van der Waals surface area contributed by atoms with Gasteiger partial charge in [0, 0.05) is 24.5 Å². The van der Waals surface area contributed by atoms with Gasteiger partial charge >= 0.3 is 6.09 Å². The lowest BCUT2D eigenvalue weighted by molar-refractivity contribution is -0.121. The van der Waals surface area contributed by atoms with Crippen LogP contribution < -0.4 is 11.1 Å². The Morgan fingerprint density at radius 3 is 2.63 bits per heavy atom. The number of carbonyl (C=O) groups is 2. The van der Waals surface area contributed by atoms with Crippen LogP contribution in [-0.4, -0.2) is 35.1 Å². The van der Waals surface area contributed by atoms with E-state index in [0.717, 1.165) is 0 Å². The van der Waals surface area contributed by atoms with Gasteiger partial charge in [-0.3, -0.25) is 4.79 Å². The number of nitrogens with one attached hydrogen (secondary N) is 1. The molecule has 0 aliphatic carbocycles. The smallest absolute Gasteiger partial charge is 0.407 e. The second-order valence-electron chi connectivity index (χ2n) is 4.68. The molecule has 1 atom stereocenters. The second kappa shape index (κ2) is 5.60. The van der Waals surface area contributed by atoms with Crippen LogP contribution in [0.5, 0.6) is 0 Å². The van der Waals surface area contributed by atoms with Gasteiger partial charge < -0.3 is 21.1 Å². The zero-order valence-corrected chi connectivity index (χ0v) is 10.5.